The van der Waals surface area contributed by atoms with Crippen molar-refractivity contribution in [3.63, 3.8) is 0 Å². The smallest absolute Gasteiger partial charge is 0.0522 e. The minimum absolute atomic E-state index is 0.283. The largest absolute Gasteiger partial charge is 0.316 e. The molecule has 0 saturated heterocycles. The van der Waals surface area contributed by atoms with Crippen molar-refractivity contribution in [2.24, 2.45) is 7.05 Å². The van der Waals surface area contributed by atoms with Crippen molar-refractivity contribution < 1.29 is 4.21 Å². The highest BCUT2D eigenvalue weighted by Crippen LogP contribution is 1.98. The molecule has 0 aromatic carbocycles. The van der Waals surface area contributed by atoms with Crippen LogP contribution in [-0.4, -0.2) is 38.6 Å². The number of hydrogen-bond acceptors (Lipinski definition) is 3. The van der Waals surface area contributed by atoms with E-state index in [1.807, 2.05) is 31.0 Å². The highest BCUT2D eigenvalue weighted by atomic mass is 32.2. The highest BCUT2D eigenvalue weighted by Gasteiger charge is 2.04. The Kier molecular flexibility index (Phi) is 5.69. The van der Waals surface area contributed by atoms with Crippen LogP contribution in [0.4, 0.5) is 0 Å². The van der Waals surface area contributed by atoms with Gasteiger partial charge in [0.2, 0.25) is 0 Å². The Morgan fingerprint density at radius 3 is 2.88 bits per heavy atom. The third kappa shape index (κ3) is 4.90. The number of aromatic nitrogens is 2. The third-order valence-corrected chi connectivity index (χ3v) is 4.01. The Hall–Kier alpha value is -0.680. The molecule has 0 fully saturated rings. The second-order valence-corrected chi connectivity index (χ2v) is 5.92. The topological polar surface area (TPSA) is 46.9 Å². The Morgan fingerprint density at radius 1 is 1.56 bits per heavy atom. The van der Waals surface area contributed by atoms with Crippen molar-refractivity contribution in [1.82, 2.24) is 15.1 Å². The average Bonchev–Trinajstić information content (AvgIpc) is 2.63. The Bertz CT molecular complexity index is 338. The summed E-state index contributed by atoms with van der Waals surface area (Å²) in [4.78, 5) is 0. The first-order chi connectivity index (χ1) is 7.59. The number of hydrogen-bond donors (Lipinski definition) is 1. The summed E-state index contributed by atoms with van der Waals surface area (Å²) in [5.41, 5.74) is 1.25. The lowest BCUT2D eigenvalue weighted by molar-refractivity contribution is 0.628. The first kappa shape index (κ1) is 13.4. The maximum absolute atomic E-state index is 11.1. The summed E-state index contributed by atoms with van der Waals surface area (Å²) in [6, 6.07) is 0. The number of nitrogens with zero attached hydrogens (tertiary/aromatic N) is 2. The number of aryl methyl sites for hydroxylation is 1. The van der Waals surface area contributed by atoms with Crippen molar-refractivity contribution in [3.05, 3.63) is 18.0 Å². The fourth-order valence-electron chi connectivity index (χ4n) is 1.43. The van der Waals surface area contributed by atoms with Crippen LogP contribution in [0.5, 0.6) is 0 Å². The SMILES string of the molecule is CC(CCNCCc1cnn(C)c1)S(C)=O. The van der Waals surface area contributed by atoms with Gasteiger partial charge in [-0.25, -0.2) is 0 Å². The lowest BCUT2D eigenvalue weighted by atomic mass is 10.2. The van der Waals surface area contributed by atoms with Crippen LogP contribution in [0.15, 0.2) is 12.4 Å². The monoisotopic (exact) mass is 243 g/mol. The van der Waals surface area contributed by atoms with E-state index in [2.05, 4.69) is 10.4 Å². The van der Waals surface area contributed by atoms with Crippen LogP contribution >= 0.6 is 0 Å². The molecule has 0 saturated carbocycles. The van der Waals surface area contributed by atoms with E-state index < -0.39 is 10.8 Å². The van der Waals surface area contributed by atoms with Crippen molar-refractivity contribution in [1.29, 1.82) is 0 Å². The van der Waals surface area contributed by atoms with E-state index in [0.29, 0.717) is 0 Å². The van der Waals surface area contributed by atoms with E-state index in [0.717, 1.165) is 25.9 Å². The van der Waals surface area contributed by atoms with Crippen LogP contribution in [0.1, 0.15) is 18.9 Å². The number of rotatable bonds is 7. The molecule has 0 radical (unpaired) electrons. The normalized spacial score (nSPS) is 14.9. The van der Waals surface area contributed by atoms with E-state index in [1.165, 1.54) is 5.56 Å². The van der Waals surface area contributed by atoms with Gasteiger partial charge < -0.3 is 5.32 Å². The van der Waals surface area contributed by atoms with Gasteiger partial charge in [-0.2, -0.15) is 5.10 Å². The van der Waals surface area contributed by atoms with Gasteiger partial charge in [-0.1, -0.05) is 6.92 Å². The standard InChI is InChI=1S/C11H21N3OS/c1-10(16(3)15)4-6-12-7-5-11-8-13-14(2)9-11/h8-10,12H,4-7H2,1-3H3. The van der Waals surface area contributed by atoms with Crippen LogP contribution < -0.4 is 5.32 Å². The molecule has 2 atom stereocenters. The van der Waals surface area contributed by atoms with Crippen molar-refractivity contribution in [3.8, 4) is 0 Å². The van der Waals surface area contributed by atoms with Crippen LogP contribution in [0.3, 0.4) is 0 Å². The van der Waals surface area contributed by atoms with E-state index >= 15 is 0 Å². The molecule has 2 unspecified atom stereocenters. The summed E-state index contributed by atoms with van der Waals surface area (Å²) < 4.78 is 12.9. The molecule has 0 amide bonds. The van der Waals surface area contributed by atoms with E-state index in [9.17, 15) is 4.21 Å². The molecule has 0 bridgehead atoms. The highest BCUT2D eigenvalue weighted by molar-refractivity contribution is 7.84. The summed E-state index contributed by atoms with van der Waals surface area (Å²) in [6.07, 6.45) is 7.66. The van der Waals surface area contributed by atoms with Crippen LogP contribution in [0, 0.1) is 0 Å². The zero-order chi connectivity index (χ0) is 12.0. The molecular formula is C11H21N3OS. The summed E-state index contributed by atoms with van der Waals surface area (Å²) in [5, 5.41) is 7.76. The van der Waals surface area contributed by atoms with Crippen LogP contribution in [0.25, 0.3) is 0 Å². The number of nitrogens with one attached hydrogen (secondary N) is 1. The van der Waals surface area contributed by atoms with Crippen LogP contribution in [-0.2, 0) is 24.3 Å². The second kappa shape index (κ2) is 6.81. The van der Waals surface area contributed by atoms with Gasteiger partial charge in [-0.3, -0.25) is 8.89 Å². The molecule has 1 rings (SSSR count). The zero-order valence-electron chi connectivity index (χ0n) is 10.3. The van der Waals surface area contributed by atoms with Gasteiger partial charge >= 0.3 is 0 Å². The van der Waals surface area contributed by atoms with Crippen LogP contribution in [0.2, 0.25) is 0 Å². The zero-order valence-corrected chi connectivity index (χ0v) is 11.1. The first-order valence-electron chi connectivity index (χ1n) is 5.60. The molecule has 5 heteroatoms. The van der Waals surface area contributed by atoms with Crippen molar-refractivity contribution in [2.75, 3.05) is 19.3 Å². The second-order valence-electron chi connectivity index (χ2n) is 4.12. The van der Waals surface area contributed by atoms with Gasteiger partial charge in [-0.05, 0) is 31.5 Å². The van der Waals surface area contributed by atoms with Gasteiger partial charge in [0, 0.05) is 35.5 Å². The molecule has 4 nitrogen and oxygen atoms in total. The minimum Gasteiger partial charge on any atom is -0.316 e. The molecule has 1 N–H and O–H groups in total. The van der Waals surface area contributed by atoms with E-state index in [4.69, 9.17) is 0 Å². The fourth-order valence-corrected chi connectivity index (χ4v) is 1.88. The molecule has 0 aliphatic heterocycles. The van der Waals surface area contributed by atoms with Gasteiger partial charge in [0.1, 0.15) is 0 Å². The molecule has 16 heavy (non-hydrogen) atoms. The van der Waals surface area contributed by atoms with Crippen molar-refractivity contribution in [2.45, 2.75) is 25.0 Å². The quantitative estimate of drug-likeness (QED) is 0.718. The molecule has 1 aromatic rings. The lowest BCUT2D eigenvalue weighted by Crippen LogP contribution is -2.23. The van der Waals surface area contributed by atoms with Gasteiger partial charge in [0.15, 0.2) is 0 Å². The Labute approximate surface area is 99.9 Å². The fraction of sp³-hybridized carbons (Fsp3) is 0.727. The Balaban J connectivity index is 2.06. The molecule has 1 heterocycles. The molecule has 92 valence electrons. The first-order valence-corrected chi connectivity index (χ1v) is 7.22. The lowest BCUT2D eigenvalue weighted by Gasteiger charge is -2.08. The third-order valence-electron chi connectivity index (χ3n) is 2.64. The van der Waals surface area contributed by atoms with Crippen molar-refractivity contribution >= 4 is 10.8 Å². The predicted molar refractivity (Wildman–Crippen MR) is 67.9 cm³/mol. The maximum Gasteiger partial charge on any atom is 0.0522 e. The molecular weight excluding hydrogens is 222 g/mol. The average molecular weight is 243 g/mol. The maximum atomic E-state index is 11.1. The van der Waals surface area contributed by atoms with E-state index in [1.54, 1.807) is 6.26 Å². The summed E-state index contributed by atoms with van der Waals surface area (Å²) in [5.74, 6) is 0. The summed E-state index contributed by atoms with van der Waals surface area (Å²) >= 11 is 0. The summed E-state index contributed by atoms with van der Waals surface area (Å²) in [6.45, 7) is 3.91. The minimum atomic E-state index is -0.702. The molecule has 0 spiro atoms. The molecule has 0 aliphatic rings. The Morgan fingerprint density at radius 2 is 2.31 bits per heavy atom. The predicted octanol–water partition coefficient (Wildman–Crippen LogP) is 0.709. The van der Waals surface area contributed by atoms with Gasteiger partial charge in [0.25, 0.3) is 0 Å². The van der Waals surface area contributed by atoms with Gasteiger partial charge in [-0.15, -0.1) is 0 Å². The van der Waals surface area contributed by atoms with E-state index in [-0.39, 0.29) is 5.25 Å². The summed E-state index contributed by atoms with van der Waals surface area (Å²) in [7, 11) is 1.22. The molecule has 1 aromatic heterocycles. The molecule has 0 aliphatic carbocycles. The van der Waals surface area contributed by atoms with Gasteiger partial charge in [0.05, 0.1) is 6.20 Å².